The van der Waals surface area contributed by atoms with Crippen molar-refractivity contribution in [3.8, 4) is 11.5 Å². The summed E-state index contributed by atoms with van der Waals surface area (Å²) >= 11 is 0. The van der Waals surface area contributed by atoms with Gasteiger partial charge in [0.1, 0.15) is 17.9 Å². The summed E-state index contributed by atoms with van der Waals surface area (Å²) in [5.74, 6) is 0.393. The van der Waals surface area contributed by atoms with Gasteiger partial charge in [0.15, 0.2) is 11.6 Å². The molecule has 0 aliphatic carbocycles. The van der Waals surface area contributed by atoms with Crippen LogP contribution in [0.1, 0.15) is 63.7 Å². The lowest BCUT2D eigenvalue weighted by molar-refractivity contribution is -0.127. The van der Waals surface area contributed by atoms with Crippen LogP contribution in [0.2, 0.25) is 0 Å². The number of carbonyl (C=O) groups excluding carboxylic acids is 2. The van der Waals surface area contributed by atoms with E-state index in [4.69, 9.17) is 4.74 Å². The maximum Gasteiger partial charge on any atom is 0.282 e. The second-order valence-electron chi connectivity index (χ2n) is 15.8. The van der Waals surface area contributed by atoms with Gasteiger partial charge in [-0.3, -0.25) is 14.5 Å². The molecule has 1 aromatic heterocycles. The summed E-state index contributed by atoms with van der Waals surface area (Å²) in [5, 5.41) is 0. The summed E-state index contributed by atoms with van der Waals surface area (Å²) in [6.07, 6.45) is 9.95. The smallest absolute Gasteiger partial charge is 0.282 e. The number of nitrogens with zero attached hydrogens (tertiary/aromatic N) is 8. The van der Waals surface area contributed by atoms with Gasteiger partial charge in [-0.1, -0.05) is 18.2 Å². The van der Waals surface area contributed by atoms with Crippen molar-refractivity contribution in [1.82, 2.24) is 33.3 Å². The van der Waals surface area contributed by atoms with E-state index in [2.05, 4.69) is 32.4 Å². The molecule has 5 aliphatic heterocycles. The number of amides is 2. The molecule has 2 atom stereocenters. The van der Waals surface area contributed by atoms with Gasteiger partial charge in [0, 0.05) is 75.4 Å². The maximum absolute atomic E-state index is 14.4. The second-order valence-corrected chi connectivity index (χ2v) is 17.7. The highest BCUT2D eigenvalue weighted by Crippen LogP contribution is 2.45. The molecule has 53 heavy (non-hydrogen) atoms. The molecule has 1 aromatic carbocycles. The molecule has 6 heterocycles. The van der Waals surface area contributed by atoms with E-state index < -0.39 is 16.0 Å². The summed E-state index contributed by atoms with van der Waals surface area (Å²) in [6.45, 7) is 17.3. The van der Waals surface area contributed by atoms with Gasteiger partial charge in [-0.15, -0.1) is 0 Å². The van der Waals surface area contributed by atoms with Crippen LogP contribution in [0.3, 0.4) is 0 Å². The zero-order valence-electron chi connectivity index (χ0n) is 31.2. The Bertz CT molecular complexity index is 1860. The first-order valence-corrected chi connectivity index (χ1v) is 20.1. The Hall–Kier alpha value is -3.92. The van der Waals surface area contributed by atoms with Gasteiger partial charge in [0.2, 0.25) is 5.91 Å². The van der Waals surface area contributed by atoms with Crippen molar-refractivity contribution in [3.63, 3.8) is 0 Å². The Balaban J connectivity index is 0.920. The van der Waals surface area contributed by atoms with Crippen LogP contribution in [0.15, 0.2) is 55.0 Å². The molecule has 0 unspecified atom stereocenters. The Morgan fingerprint density at radius 3 is 2.43 bits per heavy atom. The number of carbonyl (C=O) groups is 2. The summed E-state index contributed by atoms with van der Waals surface area (Å²) in [6, 6.07) is 3.61. The molecule has 2 amide bonds. The molecule has 0 N–H and O–H groups in total. The number of likely N-dealkylation sites (tertiary alicyclic amines) is 2. The zero-order valence-corrected chi connectivity index (χ0v) is 32.0. The van der Waals surface area contributed by atoms with Gasteiger partial charge in [0.25, 0.3) is 16.1 Å². The van der Waals surface area contributed by atoms with Crippen LogP contribution < -0.4 is 9.64 Å². The van der Waals surface area contributed by atoms with Crippen molar-refractivity contribution in [1.29, 1.82) is 0 Å². The van der Waals surface area contributed by atoms with Crippen molar-refractivity contribution >= 4 is 27.8 Å². The standard InChI is InChI=1S/C38H51FN8O5S/c1-6-35(48)45-21-31-18-30(45)22-46(31)53(50,51)44-13-9-28(10-14-44)20-42-15-11-38(12-16-42)23-43(24-38)36-34(19-40-25-41-36)52-33-8-7-29(39)17-32(33)37(49)47(26(2)3)27(4)5/h6-9,17,19,25-27,30-31H,1,10-16,18,20-24H2,2-5H3/t30-,31-/m0/s1. The molecule has 15 heteroatoms. The lowest BCUT2D eigenvalue weighted by Crippen LogP contribution is -2.61. The SMILES string of the molecule is C=CC(=O)N1C[C@@H]2C[C@H]1CN2S(=O)(=O)N1CC=C(CN2CCC3(CC2)CN(c2ncncc2Oc2ccc(F)cc2C(=O)N(C(C)C)C(C)C)C3)CC1. The number of hydrogen-bond donors (Lipinski definition) is 0. The highest BCUT2D eigenvalue weighted by Gasteiger charge is 2.51. The molecule has 7 rings (SSSR count). The van der Waals surface area contributed by atoms with Gasteiger partial charge >= 0.3 is 0 Å². The third-order valence-corrected chi connectivity index (χ3v) is 13.7. The molecular formula is C38H51FN8O5S. The number of rotatable bonds is 11. The number of aromatic nitrogens is 2. The van der Waals surface area contributed by atoms with E-state index in [0.717, 1.165) is 45.6 Å². The molecular weight excluding hydrogens is 700 g/mol. The van der Waals surface area contributed by atoms with Gasteiger partial charge in [0.05, 0.1) is 11.8 Å². The van der Waals surface area contributed by atoms with E-state index in [0.29, 0.717) is 50.6 Å². The highest BCUT2D eigenvalue weighted by atomic mass is 32.2. The lowest BCUT2D eigenvalue weighted by atomic mass is 9.72. The Kier molecular flexibility index (Phi) is 10.4. The minimum atomic E-state index is -3.59. The number of hydrogen-bond acceptors (Lipinski definition) is 9. The van der Waals surface area contributed by atoms with Crippen molar-refractivity contribution in [2.45, 2.75) is 77.5 Å². The molecule has 286 valence electrons. The number of piperidine rings is 1. The second kappa shape index (κ2) is 14.7. The number of halogens is 1. The maximum atomic E-state index is 14.4. The largest absolute Gasteiger partial charge is 0.451 e. The summed E-state index contributed by atoms with van der Waals surface area (Å²) in [4.78, 5) is 42.6. The molecule has 4 fully saturated rings. The number of benzene rings is 1. The quantitative estimate of drug-likeness (QED) is 0.249. The van der Waals surface area contributed by atoms with Crippen LogP contribution in [0, 0.1) is 11.2 Å². The van der Waals surface area contributed by atoms with Crippen molar-refractivity contribution in [2.24, 2.45) is 5.41 Å². The van der Waals surface area contributed by atoms with Crippen LogP contribution >= 0.6 is 0 Å². The first-order valence-electron chi connectivity index (χ1n) is 18.7. The minimum Gasteiger partial charge on any atom is -0.451 e. The fraction of sp³-hybridized carbons (Fsp3) is 0.579. The molecule has 1 spiro atoms. The van der Waals surface area contributed by atoms with E-state index in [1.165, 1.54) is 36.2 Å². The van der Waals surface area contributed by atoms with Crippen LogP contribution in [0.5, 0.6) is 11.5 Å². The van der Waals surface area contributed by atoms with Crippen LogP contribution in [0.25, 0.3) is 0 Å². The number of ether oxygens (including phenoxy) is 1. The summed E-state index contributed by atoms with van der Waals surface area (Å²) in [7, 11) is -3.59. The molecule has 5 aliphatic rings. The van der Waals surface area contributed by atoms with Gasteiger partial charge in [-0.2, -0.15) is 17.0 Å². The number of piperazine rings is 1. The monoisotopic (exact) mass is 750 g/mol. The molecule has 0 saturated carbocycles. The van der Waals surface area contributed by atoms with E-state index in [1.54, 1.807) is 24.6 Å². The lowest BCUT2D eigenvalue weighted by Gasteiger charge is -2.54. The summed E-state index contributed by atoms with van der Waals surface area (Å²) in [5.41, 5.74) is 1.60. The van der Waals surface area contributed by atoms with Gasteiger partial charge < -0.3 is 19.4 Å². The average molecular weight is 751 g/mol. The normalized spacial score (nSPS) is 23.4. The van der Waals surface area contributed by atoms with E-state index in [1.807, 2.05) is 27.7 Å². The minimum absolute atomic E-state index is 0.0740. The van der Waals surface area contributed by atoms with Gasteiger partial charge in [-0.25, -0.2) is 14.4 Å². The number of fused-ring (bicyclic) bond motifs is 2. The molecule has 4 saturated heterocycles. The third-order valence-electron chi connectivity index (χ3n) is 11.6. The topological polar surface area (TPSA) is 123 Å². The molecule has 2 aromatic rings. The fourth-order valence-corrected chi connectivity index (χ4v) is 10.7. The van der Waals surface area contributed by atoms with Crippen molar-refractivity contribution in [2.75, 3.05) is 63.8 Å². The van der Waals surface area contributed by atoms with E-state index >= 15 is 0 Å². The molecule has 0 radical (unpaired) electrons. The molecule has 2 bridgehead atoms. The Labute approximate surface area is 312 Å². The third kappa shape index (κ3) is 7.32. The first kappa shape index (κ1) is 37.4. The van der Waals surface area contributed by atoms with Crippen LogP contribution in [-0.4, -0.2) is 137 Å². The average Bonchev–Trinajstić information content (AvgIpc) is 3.74. The number of anilines is 1. The predicted molar refractivity (Wildman–Crippen MR) is 199 cm³/mol. The fourth-order valence-electron chi connectivity index (χ4n) is 8.90. The molecule has 13 nitrogen and oxygen atoms in total. The van der Waals surface area contributed by atoms with Crippen molar-refractivity contribution < 1.29 is 27.1 Å². The Morgan fingerprint density at radius 1 is 1.08 bits per heavy atom. The Morgan fingerprint density at radius 2 is 1.81 bits per heavy atom. The van der Waals surface area contributed by atoms with E-state index in [-0.39, 0.29) is 52.7 Å². The van der Waals surface area contributed by atoms with Crippen molar-refractivity contribution in [3.05, 3.63) is 66.4 Å². The van der Waals surface area contributed by atoms with E-state index in [9.17, 15) is 22.4 Å². The predicted octanol–water partition coefficient (Wildman–Crippen LogP) is 3.92. The van der Waals surface area contributed by atoms with Gasteiger partial charge in [-0.05, 0) is 90.7 Å². The zero-order chi connectivity index (χ0) is 37.7. The first-order chi connectivity index (χ1) is 25.3. The van der Waals surface area contributed by atoms with Crippen LogP contribution in [0.4, 0.5) is 10.2 Å². The highest BCUT2D eigenvalue weighted by molar-refractivity contribution is 7.86. The summed E-state index contributed by atoms with van der Waals surface area (Å²) < 4.78 is 51.0. The van der Waals surface area contributed by atoms with Crippen LogP contribution in [-0.2, 0) is 15.0 Å².